The first-order chi connectivity index (χ1) is 17.2. The summed E-state index contributed by atoms with van der Waals surface area (Å²) in [5.74, 6) is 0. The van der Waals surface area contributed by atoms with Gasteiger partial charge in [0.15, 0.2) is 6.54 Å². The third-order valence-electron chi connectivity index (χ3n) is 5.82. The Morgan fingerprint density at radius 2 is 1.81 bits per heavy atom. The van der Waals surface area contributed by atoms with Gasteiger partial charge in [0.25, 0.3) is 6.20 Å². The zero-order valence-electron chi connectivity index (χ0n) is 20.4. The van der Waals surface area contributed by atoms with E-state index >= 15 is 0 Å². The first-order valence-corrected chi connectivity index (χ1v) is 11.9. The molecule has 4 nitrogen and oxygen atoms in total. The Morgan fingerprint density at radius 1 is 0.944 bits per heavy atom. The van der Waals surface area contributed by atoms with Crippen molar-refractivity contribution in [3.05, 3.63) is 109 Å². The Balaban J connectivity index is 0.000000187. The van der Waals surface area contributed by atoms with Crippen LogP contribution in [-0.2, 0) is 20.1 Å². The van der Waals surface area contributed by atoms with Gasteiger partial charge in [-0.05, 0) is 29.6 Å². The monoisotopic (exact) mass is 650 g/mol. The zero-order valence-corrected chi connectivity index (χ0v) is 22.8. The van der Waals surface area contributed by atoms with Gasteiger partial charge in [-0.25, -0.2) is 0 Å². The molecule has 2 aromatic heterocycles. The molecule has 0 amide bonds. The Kier molecular flexibility index (Phi) is 8.40. The average molecular weight is 650 g/mol. The SMILES string of the molecule is CCCC[N+]1=C=[N+](c2[c-]c3oc4ccccc4c3cc2)C=C1.Cc1ccc(-c2[c-]cccc2)nc1.[Ir]. The van der Waals surface area contributed by atoms with Crippen LogP contribution in [0.25, 0.3) is 33.2 Å². The van der Waals surface area contributed by atoms with Gasteiger partial charge >= 0.3 is 6.01 Å². The fraction of sp³-hybridized carbons (Fsp3) is 0.161. The number of pyridine rings is 1. The molecule has 0 atom stereocenters. The second-order valence-corrected chi connectivity index (χ2v) is 8.50. The maximum atomic E-state index is 5.90. The fourth-order valence-corrected chi connectivity index (χ4v) is 3.90. The molecule has 0 unspecified atom stereocenters. The van der Waals surface area contributed by atoms with Crippen LogP contribution in [0.5, 0.6) is 0 Å². The average Bonchev–Trinajstić information content (AvgIpc) is 3.53. The van der Waals surface area contributed by atoms with Gasteiger partial charge in [-0.1, -0.05) is 70.3 Å². The van der Waals surface area contributed by atoms with Gasteiger partial charge < -0.3 is 9.40 Å². The van der Waals surface area contributed by atoms with Crippen molar-refractivity contribution in [2.24, 2.45) is 0 Å². The van der Waals surface area contributed by atoms with Gasteiger partial charge in [0.1, 0.15) is 11.3 Å². The van der Waals surface area contributed by atoms with Crippen LogP contribution in [0, 0.1) is 19.1 Å². The largest absolute Gasteiger partial charge is 0.493 e. The Labute approximate surface area is 225 Å². The van der Waals surface area contributed by atoms with Crippen LogP contribution in [0.1, 0.15) is 25.3 Å². The summed E-state index contributed by atoms with van der Waals surface area (Å²) in [7, 11) is 0. The van der Waals surface area contributed by atoms with Crippen molar-refractivity contribution in [1.29, 1.82) is 0 Å². The van der Waals surface area contributed by atoms with E-state index in [4.69, 9.17) is 4.42 Å². The van der Waals surface area contributed by atoms with E-state index in [0.717, 1.165) is 51.8 Å². The quantitative estimate of drug-likeness (QED) is 0.147. The second-order valence-electron chi connectivity index (χ2n) is 8.50. The number of fused-ring (bicyclic) bond motifs is 3. The topological polar surface area (TPSA) is 32.0 Å². The molecule has 6 rings (SSSR count). The van der Waals surface area contributed by atoms with Gasteiger partial charge in [-0.3, -0.25) is 0 Å². The van der Waals surface area contributed by atoms with Crippen LogP contribution in [0.15, 0.2) is 95.8 Å². The minimum atomic E-state index is 0. The molecule has 3 aromatic carbocycles. The third-order valence-corrected chi connectivity index (χ3v) is 5.82. The summed E-state index contributed by atoms with van der Waals surface area (Å²) >= 11 is 0. The summed E-state index contributed by atoms with van der Waals surface area (Å²) in [6.45, 7) is 5.22. The van der Waals surface area contributed by atoms with E-state index in [9.17, 15) is 0 Å². The van der Waals surface area contributed by atoms with Crippen LogP contribution in [-0.4, -0.2) is 26.7 Å². The number of nitrogens with zero attached hydrogens (tertiary/aromatic N) is 3. The number of furan rings is 1. The molecule has 3 heterocycles. The fourth-order valence-electron chi connectivity index (χ4n) is 3.90. The predicted molar refractivity (Wildman–Crippen MR) is 140 cm³/mol. The van der Waals surface area contributed by atoms with Crippen LogP contribution in [0.3, 0.4) is 0 Å². The third kappa shape index (κ3) is 5.78. The number of aromatic nitrogens is 1. The Bertz CT molecular complexity index is 1560. The molecule has 1 aliphatic rings. The normalized spacial score (nSPS) is 12.1. The van der Waals surface area contributed by atoms with Crippen molar-refractivity contribution in [1.82, 2.24) is 4.98 Å². The van der Waals surface area contributed by atoms with Crippen molar-refractivity contribution in [3.8, 4) is 11.3 Å². The van der Waals surface area contributed by atoms with E-state index in [1.807, 2.05) is 78.6 Å². The number of hydrogen-bond acceptors (Lipinski definition) is 2. The summed E-state index contributed by atoms with van der Waals surface area (Å²) in [5.41, 5.74) is 5.84. The molecule has 1 aliphatic heterocycles. The van der Waals surface area contributed by atoms with Crippen molar-refractivity contribution in [2.45, 2.75) is 26.7 Å². The van der Waals surface area contributed by atoms with Crippen molar-refractivity contribution in [2.75, 3.05) is 6.54 Å². The molecule has 5 aromatic rings. The summed E-state index contributed by atoms with van der Waals surface area (Å²) in [6, 6.07) is 34.0. The molecule has 0 saturated heterocycles. The molecule has 36 heavy (non-hydrogen) atoms. The zero-order chi connectivity index (χ0) is 24.0. The van der Waals surface area contributed by atoms with Crippen molar-refractivity contribution >= 4 is 33.6 Å². The molecule has 0 bridgehead atoms. The molecule has 1 radical (unpaired) electrons. The van der Waals surface area contributed by atoms with Crippen LogP contribution >= 0.6 is 0 Å². The maximum absolute atomic E-state index is 5.90. The molecule has 181 valence electrons. The number of para-hydroxylation sites is 1. The molecule has 0 saturated carbocycles. The van der Waals surface area contributed by atoms with Crippen molar-refractivity contribution in [3.63, 3.8) is 0 Å². The standard InChI is InChI=1S/C19H17N2O.C12H10N.Ir/c1-2-3-10-20-11-12-21(14-20)15-8-9-17-16-6-4-5-7-18(16)22-19(17)13-15;1-10-7-8-12(13-9-10)11-5-3-2-4-6-11;/h4-9,11-12H,2-3,10H2,1H3;2-5,7-9H,1H3;/q+1;-1;. The van der Waals surface area contributed by atoms with Gasteiger partial charge in [0, 0.05) is 38.3 Å². The minimum Gasteiger partial charge on any atom is -0.483 e. The van der Waals surface area contributed by atoms with E-state index in [-0.39, 0.29) is 20.1 Å². The van der Waals surface area contributed by atoms with E-state index < -0.39 is 0 Å². The van der Waals surface area contributed by atoms with Crippen LogP contribution in [0.4, 0.5) is 5.69 Å². The van der Waals surface area contributed by atoms with Crippen molar-refractivity contribution < 1.29 is 33.7 Å². The molecule has 0 fully saturated rings. The molecule has 0 aliphatic carbocycles. The van der Waals surface area contributed by atoms with Gasteiger partial charge in [-0.15, -0.1) is 35.9 Å². The minimum absolute atomic E-state index is 0. The maximum Gasteiger partial charge on any atom is 0.493 e. The molecular weight excluding hydrogens is 623 g/mol. The van der Waals surface area contributed by atoms with E-state index in [1.54, 1.807) is 0 Å². The van der Waals surface area contributed by atoms with E-state index in [1.165, 1.54) is 12.0 Å². The first kappa shape index (κ1) is 25.5. The molecule has 0 spiro atoms. The summed E-state index contributed by atoms with van der Waals surface area (Å²) in [5, 5.41) is 2.24. The second kappa shape index (κ2) is 11.9. The number of hydrogen-bond donors (Lipinski definition) is 0. The number of unbranched alkanes of at least 4 members (excludes halogenated alkanes) is 1. The first-order valence-electron chi connectivity index (χ1n) is 11.9. The van der Waals surface area contributed by atoms with Gasteiger partial charge in [0.2, 0.25) is 6.20 Å². The predicted octanol–water partition coefficient (Wildman–Crippen LogP) is 7.36. The number of rotatable bonds is 5. The van der Waals surface area contributed by atoms with Crippen LogP contribution in [0.2, 0.25) is 0 Å². The van der Waals surface area contributed by atoms with Crippen LogP contribution < -0.4 is 0 Å². The van der Waals surface area contributed by atoms with E-state index in [0.29, 0.717) is 0 Å². The number of aryl methyl sites for hydroxylation is 1. The summed E-state index contributed by atoms with van der Waals surface area (Å²) in [6.07, 6.45) is 8.28. The summed E-state index contributed by atoms with van der Waals surface area (Å²) < 4.78 is 9.94. The number of benzene rings is 3. The Morgan fingerprint density at radius 3 is 2.58 bits per heavy atom. The molecule has 0 N–H and O–H groups in total. The summed E-state index contributed by atoms with van der Waals surface area (Å²) in [4.78, 5) is 4.32. The smallest absolute Gasteiger partial charge is 0.483 e. The molecular formula is C31H27IrN3O. The van der Waals surface area contributed by atoms with Gasteiger partial charge in [-0.2, -0.15) is 6.07 Å². The Hall–Kier alpha value is -3.62. The van der Waals surface area contributed by atoms with E-state index in [2.05, 4.69) is 58.9 Å². The van der Waals surface area contributed by atoms with Gasteiger partial charge in [0.05, 0.1) is 0 Å². The molecule has 5 heteroatoms.